The van der Waals surface area contributed by atoms with Crippen molar-refractivity contribution in [2.45, 2.75) is 0 Å². The number of carbonyl (C=O) groups is 1. The summed E-state index contributed by atoms with van der Waals surface area (Å²) in [7, 11) is 1.32. The van der Waals surface area contributed by atoms with Gasteiger partial charge in [0.05, 0.1) is 19.0 Å². The lowest BCUT2D eigenvalue weighted by molar-refractivity contribution is -0.142. The summed E-state index contributed by atoms with van der Waals surface area (Å²) in [6.07, 6.45) is 1.63. The van der Waals surface area contributed by atoms with E-state index in [9.17, 15) is 4.79 Å². The first-order valence-corrected chi connectivity index (χ1v) is 7.31. The fraction of sp³-hybridized carbons (Fsp3) is 0.125. The molecular formula is C16H15BrN2O3. The molecule has 1 N–H and O–H groups in total. The first kappa shape index (κ1) is 16.0. The highest BCUT2D eigenvalue weighted by atomic mass is 79.9. The Kier molecular flexibility index (Phi) is 5.97. The lowest BCUT2D eigenvalue weighted by Crippen LogP contribution is -2.13. The zero-order valence-electron chi connectivity index (χ0n) is 12.0. The fourth-order valence-corrected chi connectivity index (χ4v) is 2.02. The van der Waals surface area contributed by atoms with E-state index >= 15 is 0 Å². The standard InChI is InChI=1S/C16H15BrN2O3/c1-21-16(20)11-22-15-8-7-13(17)9-12(15)10-18-19-14-5-3-2-4-6-14/h2-10,19H,11H2,1H3. The molecular weight excluding hydrogens is 348 g/mol. The van der Waals surface area contributed by atoms with Crippen molar-refractivity contribution < 1.29 is 14.3 Å². The molecule has 0 atom stereocenters. The van der Waals surface area contributed by atoms with E-state index in [1.807, 2.05) is 42.5 Å². The van der Waals surface area contributed by atoms with E-state index in [2.05, 4.69) is 31.2 Å². The van der Waals surface area contributed by atoms with E-state index in [-0.39, 0.29) is 6.61 Å². The van der Waals surface area contributed by atoms with Crippen LogP contribution in [-0.2, 0) is 9.53 Å². The summed E-state index contributed by atoms with van der Waals surface area (Å²) in [4.78, 5) is 11.2. The Morgan fingerprint density at radius 3 is 2.77 bits per heavy atom. The lowest BCUT2D eigenvalue weighted by Gasteiger charge is -2.08. The topological polar surface area (TPSA) is 59.9 Å². The average molecular weight is 363 g/mol. The SMILES string of the molecule is COC(=O)COc1ccc(Br)cc1C=NNc1ccccc1. The van der Waals surface area contributed by atoms with Gasteiger partial charge in [0, 0.05) is 10.0 Å². The first-order chi connectivity index (χ1) is 10.7. The molecule has 0 aliphatic carbocycles. The summed E-state index contributed by atoms with van der Waals surface area (Å²) < 4.78 is 10.9. The molecule has 0 saturated heterocycles. The highest BCUT2D eigenvalue weighted by molar-refractivity contribution is 9.10. The van der Waals surface area contributed by atoms with Crippen molar-refractivity contribution >= 4 is 33.8 Å². The normalized spacial score (nSPS) is 10.5. The first-order valence-electron chi connectivity index (χ1n) is 6.52. The number of rotatable bonds is 6. The molecule has 0 spiro atoms. The summed E-state index contributed by atoms with van der Waals surface area (Å²) in [6.45, 7) is -0.148. The van der Waals surface area contributed by atoms with E-state index in [1.54, 1.807) is 12.3 Å². The van der Waals surface area contributed by atoms with Crippen LogP contribution in [0, 0.1) is 0 Å². The maximum Gasteiger partial charge on any atom is 0.343 e. The molecule has 114 valence electrons. The zero-order valence-corrected chi connectivity index (χ0v) is 13.5. The molecule has 6 heteroatoms. The highest BCUT2D eigenvalue weighted by Gasteiger charge is 2.06. The molecule has 2 aromatic rings. The van der Waals surface area contributed by atoms with Crippen molar-refractivity contribution in [3.8, 4) is 5.75 Å². The smallest absolute Gasteiger partial charge is 0.343 e. The highest BCUT2D eigenvalue weighted by Crippen LogP contribution is 2.22. The lowest BCUT2D eigenvalue weighted by atomic mass is 10.2. The number of hydrogen-bond donors (Lipinski definition) is 1. The van der Waals surface area contributed by atoms with Crippen molar-refractivity contribution in [3.63, 3.8) is 0 Å². The third-order valence-electron chi connectivity index (χ3n) is 2.72. The van der Waals surface area contributed by atoms with Gasteiger partial charge in [0.1, 0.15) is 5.75 Å². The molecule has 0 saturated carbocycles. The molecule has 0 radical (unpaired) electrons. The predicted octanol–water partition coefficient (Wildman–Crippen LogP) is 3.45. The third-order valence-corrected chi connectivity index (χ3v) is 3.21. The van der Waals surface area contributed by atoms with Crippen LogP contribution >= 0.6 is 15.9 Å². The van der Waals surface area contributed by atoms with E-state index in [0.717, 1.165) is 15.7 Å². The Balaban J connectivity index is 2.08. The van der Waals surface area contributed by atoms with Gasteiger partial charge in [-0.2, -0.15) is 5.10 Å². The number of anilines is 1. The van der Waals surface area contributed by atoms with Crippen LogP contribution in [0.15, 0.2) is 58.1 Å². The molecule has 0 unspecified atom stereocenters. The number of ether oxygens (including phenoxy) is 2. The number of esters is 1. The number of hydrogen-bond acceptors (Lipinski definition) is 5. The van der Waals surface area contributed by atoms with Crippen LogP contribution in [0.5, 0.6) is 5.75 Å². The molecule has 0 fully saturated rings. The van der Waals surface area contributed by atoms with Crippen LogP contribution in [-0.4, -0.2) is 25.9 Å². The number of hydrazone groups is 1. The zero-order chi connectivity index (χ0) is 15.8. The minimum absolute atomic E-state index is 0.148. The van der Waals surface area contributed by atoms with Crippen LogP contribution in [0.1, 0.15) is 5.56 Å². The molecule has 0 aliphatic rings. The Morgan fingerprint density at radius 2 is 2.05 bits per heavy atom. The Labute approximate surface area is 137 Å². The van der Waals surface area contributed by atoms with Gasteiger partial charge in [-0.15, -0.1) is 0 Å². The van der Waals surface area contributed by atoms with Crippen LogP contribution in [0.3, 0.4) is 0 Å². The van der Waals surface area contributed by atoms with Gasteiger partial charge in [0.25, 0.3) is 0 Å². The maximum atomic E-state index is 11.2. The third kappa shape index (κ3) is 4.89. The van der Waals surface area contributed by atoms with Crippen molar-refractivity contribution in [2.24, 2.45) is 5.10 Å². The van der Waals surface area contributed by atoms with Crippen molar-refractivity contribution in [1.82, 2.24) is 0 Å². The number of methoxy groups -OCH3 is 1. The number of para-hydroxylation sites is 1. The fourth-order valence-electron chi connectivity index (χ4n) is 1.64. The summed E-state index contributed by atoms with van der Waals surface area (Å²) in [5.74, 6) is 0.112. The predicted molar refractivity (Wildman–Crippen MR) is 89.3 cm³/mol. The van der Waals surface area contributed by atoms with Gasteiger partial charge in [0.15, 0.2) is 6.61 Å². The van der Waals surface area contributed by atoms with E-state index in [1.165, 1.54) is 7.11 Å². The minimum Gasteiger partial charge on any atom is -0.481 e. The second-order valence-electron chi connectivity index (χ2n) is 4.28. The Morgan fingerprint density at radius 1 is 1.27 bits per heavy atom. The number of nitrogens with zero attached hydrogens (tertiary/aromatic N) is 1. The summed E-state index contributed by atoms with van der Waals surface area (Å²) in [6, 6.07) is 15.0. The number of halogens is 1. The molecule has 22 heavy (non-hydrogen) atoms. The number of carbonyl (C=O) groups excluding carboxylic acids is 1. The van der Waals surface area contributed by atoms with Gasteiger partial charge >= 0.3 is 5.97 Å². The van der Waals surface area contributed by atoms with Crippen LogP contribution in [0.4, 0.5) is 5.69 Å². The Hall–Kier alpha value is -2.34. The van der Waals surface area contributed by atoms with Crippen molar-refractivity contribution in [1.29, 1.82) is 0 Å². The molecule has 0 aliphatic heterocycles. The summed E-state index contributed by atoms with van der Waals surface area (Å²) >= 11 is 3.40. The van der Waals surface area contributed by atoms with Gasteiger partial charge in [0.2, 0.25) is 0 Å². The summed E-state index contributed by atoms with van der Waals surface area (Å²) in [5.41, 5.74) is 4.54. The molecule has 0 bridgehead atoms. The number of nitrogens with one attached hydrogen (secondary N) is 1. The van der Waals surface area contributed by atoms with Crippen LogP contribution in [0.2, 0.25) is 0 Å². The van der Waals surface area contributed by atoms with Crippen LogP contribution < -0.4 is 10.2 Å². The summed E-state index contributed by atoms with van der Waals surface area (Å²) in [5, 5.41) is 4.17. The monoisotopic (exact) mass is 362 g/mol. The quantitative estimate of drug-likeness (QED) is 0.485. The molecule has 0 heterocycles. The molecule has 0 aromatic heterocycles. The van der Waals surface area contributed by atoms with E-state index < -0.39 is 5.97 Å². The van der Waals surface area contributed by atoms with Gasteiger partial charge in [-0.1, -0.05) is 34.1 Å². The average Bonchev–Trinajstić information content (AvgIpc) is 2.54. The van der Waals surface area contributed by atoms with Crippen molar-refractivity contribution in [2.75, 3.05) is 19.1 Å². The Bertz CT molecular complexity index is 660. The van der Waals surface area contributed by atoms with Gasteiger partial charge in [-0.25, -0.2) is 4.79 Å². The molecule has 0 amide bonds. The van der Waals surface area contributed by atoms with E-state index in [4.69, 9.17) is 4.74 Å². The van der Waals surface area contributed by atoms with Gasteiger partial charge in [-0.05, 0) is 30.3 Å². The second kappa shape index (κ2) is 8.19. The van der Waals surface area contributed by atoms with Gasteiger partial charge in [-0.3, -0.25) is 5.43 Å². The molecule has 5 nitrogen and oxygen atoms in total. The van der Waals surface area contributed by atoms with Crippen molar-refractivity contribution in [3.05, 3.63) is 58.6 Å². The van der Waals surface area contributed by atoms with Gasteiger partial charge < -0.3 is 9.47 Å². The van der Waals surface area contributed by atoms with E-state index in [0.29, 0.717) is 5.75 Å². The number of benzene rings is 2. The minimum atomic E-state index is -0.437. The second-order valence-corrected chi connectivity index (χ2v) is 5.20. The van der Waals surface area contributed by atoms with Crippen LogP contribution in [0.25, 0.3) is 0 Å². The molecule has 2 rings (SSSR count). The maximum absolute atomic E-state index is 11.2. The largest absolute Gasteiger partial charge is 0.481 e. The molecule has 2 aromatic carbocycles.